The van der Waals surface area contributed by atoms with E-state index in [4.69, 9.17) is 0 Å². The van der Waals surface area contributed by atoms with E-state index in [1.54, 1.807) is 0 Å². The molecule has 3 rings (SSSR count). The van der Waals surface area contributed by atoms with E-state index in [0.717, 1.165) is 17.9 Å². The molecule has 0 spiro atoms. The number of piperidine rings is 1. The Balaban J connectivity index is 1.97. The molecule has 1 aromatic carbocycles. The van der Waals surface area contributed by atoms with Crippen molar-refractivity contribution in [3.8, 4) is 0 Å². The number of nitrogens with zero attached hydrogens (tertiary/aromatic N) is 1. The van der Waals surface area contributed by atoms with E-state index in [9.17, 15) is 0 Å². The summed E-state index contributed by atoms with van der Waals surface area (Å²) in [5.74, 6) is 1.66. The predicted molar refractivity (Wildman–Crippen MR) is 65.7 cm³/mol. The van der Waals surface area contributed by atoms with E-state index in [2.05, 4.69) is 33.5 Å². The number of aromatic nitrogens is 2. The van der Waals surface area contributed by atoms with Crippen molar-refractivity contribution in [2.45, 2.75) is 25.7 Å². The highest BCUT2D eigenvalue weighted by atomic mass is 14.9. The summed E-state index contributed by atoms with van der Waals surface area (Å²) in [7, 11) is 0. The Kier molecular flexibility index (Phi) is 2.40. The highest BCUT2D eigenvalue weighted by Crippen LogP contribution is 2.25. The number of H-pyrrole nitrogens is 1. The van der Waals surface area contributed by atoms with E-state index in [0.29, 0.717) is 5.92 Å². The molecule has 2 heterocycles. The number of hydrogen-bond acceptors (Lipinski definition) is 2. The first-order valence-corrected chi connectivity index (χ1v) is 6.00. The van der Waals surface area contributed by atoms with Crippen LogP contribution in [-0.4, -0.2) is 23.1 Å². The van der Waals surface area contributed by atoms with Crippen molar-refractivity contribution < 1.29 is 0 Å². The molecule has 1 fully saturated rings. The van der Waals surface area contributed by atoms with E-state index >= 15 is 0 Å². The lowest BCUT2D eigenvalue weighted by molar-refractivity contribution is 0.462. The third kappa shape index (κ3) is 1.71. The molecule has 0 saturated carbocycles. The number of imidazole rings is 1. The molecule has 1 atom stereocenters. The molecule has 0 aliphatic carbocycles. The molecule has 2 aromatic rings. The first-order valence-electron chi connectivity index (χ1n) is 6.00. The summed E-state index contributed by atoms with van der Waals surface area (Å²) in [6.45, 7) is 4.28. The highest BCUT2D eigenvalue weighted by molar-refractivity contribution is 5.76. The van der Waals surface area contributed by atoms with Crippen molar-refractivity contribution >= 4 is 11.0 Å². The molecular weight excluding hydrogens is 198 g/mol. The summed E-state index contributed by atoms with van der Waals surface area (Å²) in [4.78, 5) is 7.73. The van der Waals surface area contributed by atoms with Crippen LogP contribution >= 0.6 is 0 Å². The fraction of sp³-hybridized carbons (Fsp3) is 0.462. The molecule has 1 aliphatic rings. The third-order valence-corrected chi connectivity index (χ3v) is 3.39. The van der Waals surface area contributed by atoms with Crippen molar-refractivity contribution in [3.63, 3.8) is 0 Å². The third-order valence-electron chi connectivity index (χ3n) is 3.39. The van der Waals surface area contributed by atoms with Crippen molar-refractivity contribution in [1.29, 1.82) is 0 Å². The Bertz CT molecular complexity index is 495. The Labute approximate surface area is 95.3 Å². The van der Waals surface area contributed by atoms with E-state index < -0.39 is 0 Å². The maximum absolute atomic E-state index is 4.43. The van der Waals surface area contributed by atoms with Gasteiger partial charge in [-0.2, -0.15) is 0 Å². The second-order valence-electron chi connectivity index (χ2n) is 4.64. The minimum Gasteiger partial charge on any atom is -0.342 e. The first kappa shape index (κ1) is 9.85. The Morgan fingerprint density at radius 2 is 2.31 bits per heavy atom. The van der Waals surface area contributed by atoms with Crippen molar-refractivity contribution in [3.05, 3.63) is 29.6 Å². The minimum atomic E-state index is 0.668. The number of nitrogens with one attached hydrogen (secondary N) is 2. The standard InChI is InChI=1S/C13H17N3/c1-9-15-12-5-4-10(7-13(12)16-9)11-3-2-6-14-8-11/h4-5,7,11,14H,2-3,6,8H2,1H3,(H,15,16). The van der Waals surface area contributed by atoms with Gasteiger partial charge in [-0.15, -0.1) is 0 Å². The zero-order valence-corrected chi connectivity index (χ0v) is 9.59. The molecule has 1 aliphatic heterocycles. The zero-order valence-electron chi connectivity index (χ0n) is 9.59. The lowest BCUT2D eigenvalue weighted by Gasteiger charge is -2.22. The van der Waals surface area contributed by atoms with Gasteiger partial charge in [0.2, 0.25) is 0 Å². The van der Waals surface area contributed by atoms with Crippen LogP contribution in [0.2, 0.25) is 0 Å². The fourth-order valence-electron chi connectivity index (χ4n) is 2.55. The van der Waals surface area contributed by atoms with Gasteiger partial charge in [-0.1, -0.05) is 6.07 Å². The Morgan fingerprint density at radius 1 is 1.38 bits per heavy atom. The molecule has 16 heavy (non-hydrogen) atoms. The number of benzene rings is 1. The number of aryl methyl sites for hydroxylation is 1. The van der Waals surface area contributed by atoms with Crippen LogP contribution in [0.25, 0.3) is 11.0 Å². The van der Waals surface area contributed by atoms with Crippen LogP contribution in [0.15, 0.2) is 18.2 Å². The number of rotatable bonds is 1. The maximum atomic E-state index is 4.43. The average Bonchev–Trinajstić information content (AvgIpc) is 2.69. The Hall–Kier alpha value is -1.35. The summed E-state index contributed by atoms with van der Waals surface area (Å²) in [6, 6.07) is 6.61. The van der Waals surface area contributed by atoms with Crippen LogP contribution in [0.3, 0.4) is 0 Å². The van der Waals surface area contributed by atoms with Crippen LogP contribution in [0.4, 0.5) is 0 Å². The second-order valence-corrected chi connectivity index (χ2v) is 4.64. The molecule has 1 unspecified atom stereocenters. The first-order chi connectivity index (χ1) is 7.83. The van der Waals surface area contributed by atoms with Gasteiger partial charge in [-0.05, 0) is 49.9 Å². The quantitative estimate of drug-likeness (QED) is 0.766. The predicted octanol–water partition coefficient (Wildman–Crippen LogP) is 2.34. The van der Waals surface area contributed by atoms with E-state index in [1.165, 1.54) is 30.5 Å². The Morgan fingerprint density at radius 3 is 3.12 bits per heavy atom. The van der Waals surface area contributed by atoms with Gasteiger partial charge < -0.3 is 10.3 Å². The van der Waals surface area contributed by atoms with E-state index in [-0.39, 0.29) is 0 Å². The van der Waals surface area contributed by atoms with Gasteiger partial charge in [0.05, 0.1) is 11.0 Å². The number of fused-ring (bicyclic) bond motifs is 1. The molecule has 3 heteroatoms. The van der Waals surface area contributed by atoms with Crippen LogP contribution in [0.5, 0.6) is 0 Å². The van der Waals surface area contributed by atoms with Crippen LogP contribution < -0.4 is 5.32 Å². The zero-order chi connectivity index (χ0) is 11.0. The molecule has 3 nitrogen and oxygen atoms in total. The average molecular weight is 215 g/mol. The normalized spacial score (nSPS) is 21.4. The van der Waals surface area contributed by atoms with Gasteiger partial charge >= 0.3 is 0 Å². The van der Waals surface area contributed by atoms with Gasteiger partial charge in [0.1, 0.15) is 5.82 Å². The van der Waals surface area contributed by atoms with Gasteiger partial charge in [0.25, 0.3) is 0 Å². The highest BCUT2D eigenvalue weighted by Gasteiger charge is 2.15. The fourth-order valence-corrected chi connectivity index (χ4v) is 2.55. The van der Waals surface area contributed by atoms with Gasteiger partial charge in [0, 0.05) is 6.54 Å². The summed E-state index contributed by atoms with van der Waals surface area (Å²) < 4.78 is 0. The van der Waals surface area contributed by atoms with Crippen molar-refractivity contribution in [2.24, 2.45) is 0 Å². The summed E-state index contributed by atoms with van der Waals surface area (Å²) in [5, 5.41) is 3.46. The van der Waals surface area contributed by atoms with Crippen LogP contribution in [0.1, 0.15) is 30.1 Å². The SMILES string of the molecule is Cc1nc2ccc(C3CCCNC3)cc2[nH]1. The molecule has 84 valence electrons. The van der Waals surface area contributed by atoms with Gasteiger partial charge in [-0.25, -0.2) is 4.98 Å². The number of hydrogen-bond donors (Lipinski definition) is 2. The topological polar surface area (TPSA) is 40.7 Å². The maximum Gasteiger partial charge on any atom is 0.104 e. The molecular formula is C13H17N3. The minimum absolute atomic E-state index is 0.668. The van der Waals surface area contributed by atoms with Gasteiger partial charge in [0.15, 0.2) is 0 Å². The van der Waals surface area contributed by atoms with Crippen LogP contribution in [0, 0.1) is 6.92 Å². The molecule has 1 aromatic heterocycles. The molecule has 0 amide bonds. The smallest absolute Gasteiger partial charge is 0.104 e. The van der Waals surface area contributed by atoms with Gasteiger partial charge in [-0.3, -0.25) is 0 Å². The largest absolute Gasteiger partial charge is 0.342 e. The van der Waals surface area contributed by atoms with Crippen molar-refractivity contribution in [2.75, 3.05) is 13.1 Å². The van der Waals surface area contributed by atoms with E-state index in [1.807, 2.05) is 6.92 Å². The van der Waals surface area contributed by atoms with Crippen molar-refractivity contribution in [1.82, 2.24) is 15.3 Å². The second kappa shape index (κ2) is 3.91. The molecule has 2 N–H and O–H groups in total. The molecule has 0 radical (unpaired) electrons. The summed E-state index contributed by atoms with van der Waals surface area (Å²) >= 11 is 0. The summed E-state index contributed by atoms with van der Waals surface area (Å²) in [5.41, 5.74) is 3.67. The summed E-state index contributed by atoms with van der Waals surface area (Å²) in [6.07, 6.45) is 2.58. The molecule has 0 bridgehead atoms. The lowest BCUT2D eigenvalue weighted by atomic mass is 9.91. The monoisotopic (exact) mass is 215 g/mol. The number of aromatic amines is 1. The van der Waals surface area contributed by atoms with Crippen LogP contribution in [-0.2, 0) is 0 Å². The lowest BCUT2D eigenvalue weighted by Crippen LogP contribution is -2.28. The molecule has 1 saturated heterocycles.